The zero-order chi connectivity index (χ0) is 14.6. The second kappa shape index (κ2) is 4.09. The topological polar surface area (TPSA) is 64.8 Å². The van der Waals surface area contributed by atoms with E-state index < -0.39 is 0 Å². The molecule has 102 valence electrons. The molecule has 0 spiro atoms. The minimum absolute atomic E-state index is 0.200. The standard InChI is InChI=1S/C16H11N3O2/c1-9-17-7-11-15(21)12(8-20)14-6-10-4-2-3-5-13(10)19(14)16(11)18-9/h2-5,7-8H,6H2,1H3. The number of pyridine rings is 1. The van der Waals surface area contributed by atoms with Gasteiger partial charge in [0, 0.05) is 18.3 Å². The Labute approximate surface area is 119 Å². The number of hydrogen-bond donors (Lipinski definition) is 0. The maximum Gasteiger partial charge on any atom is 0.203 e. The number of carbonyl (C=O) groups excluding carboxylic acids is 1. The molecule has 1 aliphatic rings. The lowest BCUT2D eigenvalue weighted by Gasteiger charge is -2.11. The SMILES string of the molecule is Cc1ncc2c(=O)c(C=O)c3n(c2n1)-c1ccccc1C3. The maximum atomic E-state index is 12.5. The third-order valence-corrected chi connectivity index (χ3v) is 3.88. The highest BCUT2D eigenvalue weighted by Crippen LogP contribution is 2.31. The fourth-order valence-electron chi connectivity index (χ4n) is 2.93. The van der Waals surface area contributed by atoms with Gasteiger partial charge in [-0.3, -0.25) is 14.2 Å². The number of benzene rings is 1. The highest BCUT2D eigenvalue weighted by Gasteiger charge is 2.25. The first-order chi connectivity index (χ1) is 10.2. The van der Waals surface area contributed by atoms with Gasteiger partial charge in [0.2, 0.25) is 5.43 Å². The second-order valence-electron chi connectivity index (χ2n) is 5.10. The van der Waals surface area contributed by atoms with E-state index in [4.69, 9.17) is 0 Å². The fraction of sp³-hybridized carbons (Fsp3) is 0.125. The van der Waals surface area contributed by atoms with Crippen LogP contribution in [0.3, 0.4) is 0 Å². The minimum Gasteiger partial charge on any atom is -0.298 e. The number of fused-ring (bicyclic) bond motifs is 5. The molecule has 0 saturated carbocycles. The molecular weight excluding hydrogens is 266 g/mol. The van der Waals surface area contributed by atoms with Crippen LogP contribution in [0.15, 0.2) is 35.3 Å². The summed E-state index contributed by atoms with van der Waals surface area (Å²) in [6.07, 6.45) is 2.71. The third-order valence-electron chi connectivity index (χ3n) is 3.88. The summed E-state index contributed by atoms with van der Waals surface area (Å²) in [6, 6.07) is 7.86. The summed E-state index contributed by atoms with van der Waals surface area (Å²) < 4.78 is 1.91. The molecule has 1 aromatic carbocycles. The lowest BCUT2D eigenvalue weighted by molar-refractivity contribution is 0.112. The number of aryl methyl sites for hydroxylation is 1. The van der Waals surface area contributed by atoms with Gasteiger partial charge in [-0.1, -0.05) is 18.2 Å². The monoisotopic (exact) mass is 277 g/mol. The lowest BCUT2D eigenvalue weighted by atomic mass is 10.1. The lowest BCUT2D eigenvalue weighted by Crippen LogP contribution is -2.18. The van der Waals surface area contributed by atoms with Crippen molar-refractivity contribution in [3.8, 4) is 5.69 Å². The Morgan fingerprint density at radius 3 is 2.90 bits per heavy atom. The predicted molar refractivity (Wildman–Crippen MR) is 78.1 cm³/mol. The number of hydrogen-bond acceptors (Lipinski definition) is 4. The van der Waals surface area contributed by atoms with Crippen molar-refractivity contribution in [3.63, 3.8) is 0 Å². The number of carbonyl (C=O) groups is 1. The highest BCUT2D eigenvalue weighted by atomic mass is 16.1. The van der Waals surface area contributed by atoms with E-state index in [2.05, 4.69) is 9.97 Å². The van der Waals surface area contributed by atoms with Crippen molar-refractivity contribution in [1.82, 2.24) is 14.5 Å². The van der Waals surface area contributed by atoms with Crippen molar-refractivity contribution in [2.45, 2.75) is 13.3 Å². The second-order valence-corrected chi connectivity index (χ2v) is 5.10. The number of aldehydes is 1. The van der Waals surface area contributed by atoms with Gasteiger partial charge in [-0.2, -0.15) is 0 Å². The molecule has 4 rings (SSSR count). The molecule has 0 aliphatic carbocycles. The molecule has 2 aromatic heterocycles. The average molecular weight is 277 g/mol. The Hall–Kier alpha value is -2.82. The molecule has 3 heterocycles. The van der Waals surface area contributed by atoms with Crippen molar-refractivity contribution in [2.75, 3.05) is 0 Å². The molecular formula is C16H11N3O2. The van der Waals surface area contributed by atoms with Gasteiger partial charge < -0.3 is 0 Å². The molecule has 0 amide bonds. The van der Waals surface area contributed by atoms with Crippen molar-refractivity contribution < 1.29 is 4.79 Å². The van der Waals surface area contributed by atoms with Gasteiger partial charge >= 0.3 is 0 Å². The summed E-state index contributed by atoms with van der Waals surface area (Å²) in [5, 5.41) is 0.378. The summed E-state index contributed by atoms with van der Waals surface area (Å²) in [5.74, 6) is 0.597. The molecule has 1 aliphatic heterocycles. The molecule has 5 heteroatoms. The fourth-order valence-corrected chi connectivity index (χ4v) is 2.93. The smallest absolute Gasteiger partial charge is 0.203 e. The molecule has 0 saturated heterocycles. The first-order valence-corrected chi connectivity index (χ1v) is 6.65. The zero-order valence-corrected chi connectivity index (χ0v) is 11.3. The molecule has 0 unspecified atom stereocenters. The van der Waals surface area contributed by atoms with Crippen LogP contribution in [0.5, 0.6) is 0 Å². The summed E-state index contributed by atoms with van der Waals surface area (Å²) in [6.45, 7) is 1.78. The van der Waals surface area contributed by atoms with Gasteiger partial charge in [-0.15, -0.1) is 0 Å². The normalized spacial score (nSPS) is 12.2. The molecule has 5 nitrogen and oxygen atoms in total. The molecule has 0 radical (unpaired) electrons. The van der Waals surface area contributed by atoms with Crippen LogP contribution < -0.4 is 5.43 Å². The van der Waals surface area contributed by atoms with Gasteiger partial charge in [-0.25, -0.2) is 9.97 Å². The van der Waals surface area contributed by atoms with E-state index in [1.54, 1.807) is 6.92 Å². The highest BCUT2D eigenvalue weighted by molar-refractivity contribution is 5.88. The maximum absolute atomic E-state index is 12.5. The van der Waals surface area contributed by atoms with Crippen molar-refractivity contribution in [2.24, 2.45) is 0 Å². The van der Waals surface area contributed by atoms with E-state index in [1.807, 2.05) is 28.8 Å². The average Bonchev–Trinajstić information content (AvgIpc) is 2.86. The number of para-hydroxylation sites is 1. The number of aromatic nitrogens is 3. The molecule has 3 aromatic rings. The Balaban J connectivity index is 2.27. The van der Waals surface area contributed by atoms with Gasteiger partial charge in [0.05, 0.1) is 16.6 Å². The van der Waals surface area contributed by atoms with Crippen LogP contribution in [-0.2, 0) is 6.42 Å². The van der Waals surface area contributed by atoms with Crippen molar-refractivity contribution in [1.29, 1.82) is 0 Å². The molecule has 0 bridgehead atoms. The number of nitrogens with zero attached hydrogens (tertiary/aromatic N) is 3. The summed E-state index contributed by atoms with van der Waals surface area (Å²) in [4.78, 5) is 32.4. The van der Waals surface area contributed by atoms with E-state index in [0.717, 1.165) is 11.3 Å². The molecule has 0 fully saturated rings. The van der Waals surface area contributed by atoms with Gasteiger partial charge in [-0.05, 0) is 18.6 Å². The van der Waals surface area contributed by atoms with Gasteiger partial charge in [0.15, 0.2) is 11.9 Å². The van der Waals surface area contributed by atoms with Gasteiger partial charge in [0.1, 0.15) is 5.82 Å². The summed E-state index contributed by atoms with van der Waals surface area (Å²) >= 11 is 0. The van der Waals surface area contributed by atoms with Gasteiger partial charge in [0.25, 0.3) is 0 Å². The minimum atomic E-state index is -0.293. The Morgan fingerprint density at radius 2 is 2.10 bits per heavy atom. The number of rotatable bonds is 1. The van der Waals surface area contributed by atoms with Crippen LogP contribution >= 0.6 is 0 Å². The first-order valence-electron chi connectivity index (χ1n) is 6.65. The van der Waals surface area contributed by atoms with E-state index >= 15 is 0 Å². The zero-order valence-electron chi connectivity index (χ0n) is 11.3. The quantitative estimate of drug-likeness (QED) is 0.498. The van der Waals surface area contributed by atoms with E-state index in [9.17, 15) is 9.59 Å². The Bertz CT molecular complexity index is 973. The molecule has 21 heavy (non-hydrogen) atoms. The van der Waals surface area contributed by atoms with E-state index in [0.29, 0.717) is 35.3 Å². The largest absolute Gasteiger partial charge is 0.298 e. The van der Waals surface area contributed by atoms with E-state index in [1.165, 1.54) is 6.20 Å². The van der Waals surface area contributed by atoms with E-state index in [-0.39, 0.29) is 11.0 Å². The van der Waals surface area contributed by atoms with Crippen LogP contribution in [0, 0.1) is 6.92 Å². The molecule has 0 N–H and O–H groups in total. The van der Waals surface area contributed by atoms with Crippen LogP contribution in [0.1, 0.15) is 27.4 Å². The van der Waals surface area contributed by atoms with Crippen LogP contribution in [-0.4, -0.2) is 20.8 Å². The Kier molecular flexibility index (Phi) is 2.33. The Morgan fingerprint density at radius 1 is 1.29 bits per heavy atom. The van der Waals surface area contributed by atoms with Crippen LogP contribution in [0.25, 0.3) is 16.7 Å². The summed E-state index contributed by atoms with van der Waals surface area (Å²) in [7, 11) is 0. The van der Waals surface area contributed by atoms with Crippen LogP contribution in [0.4, 0.5) is 0 Å². The predicted octanol–water partition coefficient (Wildman–Crippen LogP) is 1.81. The third kappa shape index (κ3) is 1.51. The molecule has 0 atom stereocenters. The van der Waals surface area contributed by atoms with Crippen LogP contribution in [0.2, 0.25) is 0 Å². The van der Waals surface area contributed by atoms with Crippen molar-refractivity contribution >= 4 is 17.3 Å². The first kappa shape index (κ1) is 12.0. The summed E-state index contributed by atoms with van der Waals surface area (Å²) in [5.41, 5.74) is 3.24. The van der Waals surface area contributed by atoms with Crippen molar-refractivity contribution in [3.05, 3.63) is 63.3 Å².